The third-order valence-corrected chi connectivity index (χ3v) is 3.64. The second-order valence-electron chi connectivity index (χ2n) is 5.26. The number of Topliss-reactive ketones (excluding diaryl/α,β-unsaturated/α-hetero) is 1. The molecule has 2 rings (SSSR count). The first-order valence-electron chi connectivity index (χ1n) is 6.86. The van der Waals surface area contributed by atoms with E-state index in [4.69, 9.17) is 16.9 Å². The molecule has 0 radical (unpaired) electrons. The van der Waals surface area contributed by atoms with Crippen LogP contribution >= 0.6 is 11.6 Å². The fraction of sp³-hybridized carbons (Fsp3) is 0.235. The Morgan fingerprint density at radius 3 is 2.41 bits per heavy atom. The molecule has 0 saturated heterocycles. The first-order chi connectivity index (χ1) is 10.4. The molecule has 4 nitrogen and oxygen atoms in total. The van der Waals surface area contributed by atoms with E-state index in [1.54, 1.807) is 30.3 Å². The van der Waals surface area contributed by atoms with Gasteiger partial charge in [0.2, 0.25) is 0 Å². The number of carbonyl (C=O) groups is 1. The van der Waals surface area contributed by atoms with Crippen molar-refractivity contribution in [2.45, 2.75) is 26.3 Å². The highest BCUT2D eigenvalue weighted by Crippen LogP contribution is 2.15. The van der Waals surface area contributed by atoms with Gasteiger partial charge in [-0.15, -0.1) is 0 Å². The van der Waals surface area contributed by atoms with E-state index >= 15 is 0 Å². The summed E-state index contributed by atoms with van der Waals surface area (Å²) in [6, 6.07) is 11.6. The summed E-state index contributed by atoms with van der Waals surface area (Å²) in [6.45, 7) is 3.78. The second-order valence-corrected chi connectivity index (χ2v) is 5.70. The minimum Gasteiger partial charge on any atom is -0.303 e. The van der Waals surface area contributed by atoms with Crippen molar-refractivity contribution in [3.63, 3.8) is 0 Å². The van der Waals surface area contributed by atoms with E-state index in [0.717, 1.165) is 5.69 Å². The Balaban J connectivity index is 2.44. The molecule has 0 bridgehead atoms. The molecule has 0 aliphatic carbocycles. The molecular weight excluding hydrogens is 300 g/mol. The Morgan fingerprint density at radius 2 is 1.86 bits per heavy atom. The van der Waals surface area contributed by atoms with Gasteiger partial charge >= 0.3 is 0 Å². The largest absolute Gasteiger partial charge is 0.303 e. The van der Waals surface area contributed by atoms with Gasteiger partial charge in [-0.2, -0.15) is 5.26 Å². The number of nitrogens with zero attached hydrogens (tertiary/aromatic N) is 2. The van der Waals surface area contributed by atoms with E-state index in [2.05, 4.69) is 0 Å². The fourth-order valence-corrected chi connectivity index (χ4v) is 2.34. The van der Waals surface area contributed by atoms with E-state index in [-0.39, 0.29) is 23.8 Å². The zero-order valence-electron chi connectivity index (χ0n) is 12.3. The predicted molar refractivity (Wildman–Crippen MR) is 85.3 cm³/mol. The maximum atomic E-state index is 12.4. The summed E-state index contributed by atoms with van der Waals surface area (Å²) in [7, 11) is 0. The molecule has 112 valence electrons. The summed E-state index contributed by atoms with van der Waals surface area (Å²) in [5.74, 6) is -0.130. The van der Waals surface area contributed by atoms with Gasteiger partial charge in [0.15, 0.2) is 5.78 Å². The van der Waals surface area contributed by atoms with Gasteiger partial charge in [0.1, 0.15) is 11.6 Å². The molecule has 0 saturated carbocycles. The lowest BCUT2D eigenvalue weighted by molar-refractivity contribution is 0.0969. The predicted octanol–water partition coefficient (Wildman–Crippen LogP) is 3.38. The van der Waals surface area contributed by atoms with Gasteiger partial charge < -0.3 is 4.57 Å². The summed E-state index contributed by atoms with van der Waals surface area (Å²) >= 11 is 5.81. The van der Waals surface area contributed by atoms with Crippen molar-refractivity contribution in [2.24, 2.45) is 0 Å². The van der Waals surface area contributed by atoms with Gasteiger partial charge in [-0.3, -0.25) is 9.59 Å². The Labute approximate surface area is 133 Å². The number of hydrogen-bond acceptors (Lipinski definition) is 3. The van der Waals surface area contributed by atoms with Crippen molar-refractivity contribution in [3.05, 3.63) is 68.6 Å². The van der Waals surface area contributed by atoms with Crippen molar-refractivity contribution in [3.8, 4) is 6.07 Å². The summed E-state index contributed by atoms with van der Waals surface area (Å²) in [5, 5.41) is 9.54. The van der Waals surface area contributed by atoms with Crippen LogP contribution in [0.2, 0.25) is 5.02 Å². The highest BCUT2D eigenvalue weighted by Gasteiger charge is 2.15. The topological polar surface area (TPSA) is 62.9 Å². The summed E-state index contributed by atoms with van der Waals surface area (Å²) in [6.07, 6.45) is 0. The molecule has 22 heavy (non-hydrogen) atoms. The number of rotatable bonds is 4. The van der Waals surface area contributed by atoms with Crippen LogP contribution in [-0.2, 0) is 6.54 Å². The van der Waals surface area contributed by atoms with Crippen LogP contribution in [0, 0.1) is 11.3 Å². The van der Waals surface area contributed by atoms with E-state index in [1.807, 2.05) is 19.9 Å². The van der Waals surface area contributed by atoms with Gasteiger partial charge in [-0.1, -0.05) is 25.4 Å². The van der Waals surface area contributed by atoms with Crippen LogP contribution in [0.15, 0.2) is 41.2 Å². The number of pyridine rings is 1. The molecule has 0 spiro atoms. The van der Waals surface area contributed by atoms with Crippen LogP contribution in [0.25, 0.3) is 0 Å². The Bertz CT molecular complexity index is 799. The maximum absolute atomic E-state index is 12.4. The standard InChI is InChI=1S/C17H15ClN2O2/c1-11(2)15-8-5-13(9-19)17(22)20(15)10-16(21)12-3-6-14(18)7-4-12/h3-8,11H,10H2,1-2H3. The Morgan fingerprint density at radius 1 is 1.23 bits per heavy atom. The number of benzene rings is 1. The maximum Gasteiger partial charge on any atom is 0.269 e. The highest BCUT2D eigenvalue weighted by molar-refractivity contribution is 6.30. The number of nitriles is 1. The zero-order chi connectivity index (χ0) is 16.3. The molecule has 0 fully saturated rings. The lowest BCUT2D eigenvalue weighted by atomic mass is 10.1. The van der Waals surface area contributed by atoms with Crippen molar-refractivity contribution in [2.75, 3.05) is 0 Å². The molecule has 0 aliphatic heterocycles. The smallest absolute Gasteiger partial charge is 0.269 e. The molecule has 1 aromatic carbocycles. The van der Waals surface area contributed by atoms with Crippen molar-refractivity contribution >= 4 is 17.4 Å². The Kier molecular flexibility index (Phi) is 4.79. The van der Waals surface area contributed by atoms with Crippen LogP contribution in [0.3, 0.4) is 0 Å². The van der Waals surface area contributed by atoms with Gasteiger partial charge in [0.25, 0.3) is 5.56 Å². The van der Waals surface area contributed by atoms with E-state index in [1.165, 1.54) is 10.6 Å². The van der Waals surface area contributed by atoms with Crippen LogP contribution in [-0.4, -0.2) is 10.4 Å². The van der Waals surface area contributed by atoms with E-state index in [9.17, 15) is 9.59 Å². The molecule has 0 amide bonds. The van der Waals surface area contributed by atoms with E-state index < -0.39 is 5.56 Å². The molecule has 1 heterocycles. The summed E-state index contributed by atoms with van der Waals surface area (Å²) in [5.41, 5.74) is 0.809. The highest BCUT2D eigenvalue weighted by atomic mass is 35.5. The molecule has 0 unspecified atom stereocenters. The van der Waals surface area contributed by atoms with Crippen molar-refractivity contribution < 1.29 is 4.79 Å². The lowest BCUT2D eigenvalue weighted by Crippen LogP contribution is -2.29. The monoisotopic (exact) mass is 314 g/mol. The third-order valence-electron chi connectivity index (χ3n) is 3.39. The summed E-state index contributed by atoms with van der Waals surface area (Å²) < 4.78 is 1.38. The first-order valence-corrected chi connectivity index (χ1v) is 7.24. The molecule has 0 N–H and O–H groups in total. The lowest BCUT2D eigenvalue weighted by Gasteiger charge is -2.15. The van der Waals surface area contributed by atoms with Gasteiger partial charge in [0.05, 0.1) is 6.54 Å². The normalized spacial score (nSPS) is 10.5. The van der Waals surface area contributed by atoms with Crippen molar-refractivity contribution in [1.29, 1.82) is 5.26 Å². The molecule has 5 heteroatoms. The molecule has 1 aromatic heterocycles. The zero-order valence-corrected chi connectivity index (χ0v) is 13.1. The van der Waals surface area contributed by atoms with Gasteiger partial charge in [-0.25, -0.2) is 0 Å². The minimum absolute atomic E-state index is 0.0355. The molecule has 2 aromatic rings. The number of aromatic nitrogens is 1. The molecular formula is C17H15ClN2O2. The van der Waals surface area contributed by atoms with Crippen molar-refractivity contribution in [1.82, 2.24) is 4.57 Å². The van der Waals surface area contributed by atoms with Gasteiger partial charge in [-0.05, 0) is 42.3 Å². The average Bonchev–Trinajstić information content (AvgIpc) is 2.49. The molecule has 0 atom stereocenters. The average molecular weight is 315 g/mol. The fourth-order valence-electron chi connectivity index (χ4n) is 2.22. The minimum atomic E-state index is -0.434. The number of hydrogen-bond donors (Lipinski definition) is 0. The Hall–Kier alpha value is -2.38. The van der Waals surface area contributed by atoms with Crippen LogP contribution in [0.1, 0.15) is 41.4 Å². The van der Waals surface area contributed by atoms with Crippen LogP contribution in [0.5, 0.6) is 0 Å². The summed E-state index contributed by atoms with van der Waals surface area (Å²) in [4.78, 5) is 24.7. The quantitative estimate of drug-likeness (QED) is 0.813. The third kappa shape index (κ3) is 3.26. The number of halogens is 1. The van der Waals surface area contributed by atoms with Crippen LogP contribution in [0.4, 0.5) is 0 Å². The van der Waals surface area contributed by atoms with Gasteiger partial charge in [0, 0.05) is 16.3 Å². The molecule has 0 aliphatic rings. The van der Waals surface area contributed by atoms with E-state index in [0.29, 0.717) is 10.6 Å². The second kappa shape index (κ2) is 6.59. The first kappa shape index (κ1) is 16.0. The SMILES string of the molecule is CC(C)c1ccc(C#N)c(=O)n1CC(=O)c1ccc(Cl)cc1. The number of ketones is 1. The number of carbonyl (C=O) groups excluding carboxylic acids is 1. The van der Waals surface area contributed by atoms with Crippen LogP contribution < -0.4 is 5.56 Å².